The third kappa shape index (κ3) is 4.91. The summed E-state index contributed by atoms with van der Waals surface area (Å²) in [5, 5.41) is 14.8. The number of rotatable bonds is 7. The van der Waals surface area contributed by atoms with Gasteiger partial charge in [-0.25, -0.2) is 0 Å². The Balaban J connectivity index is 1.48. The minimum Gasteiger partial charge on any atom is -0.496 e. The van der Waals surface area contributed by atoms with Crippen molar-refractivity contribution in [1.82, 2.24) is 20.3 Å². The number of hydrogen-bond acceptors (Lipinski definition) is 7. The first-order chi connectivity index (χ1) is 16.5. The second kappa shape index (κ2) is 10.2. The Morgan fingerprint density at radius 2 is 1.65 bits per heavy atom. The molecule has 0 aliphatic carbocycles. The first-order valence-corrected chi connectivity index (χ1v) is 10.9. The van der Waals surface area contributed by atoms with Crippen LogP contribution in [-0.4, -0.2) is 46.8 Å². The van der Waals surface area contributed by atoms with E-state index in [-0.39, 0.29) is 10.7 Å². The summed E-state index contributed by atoms with van der Waals surface area (Å²) in [6.07, 6.45) is 0. The van der Waals surface area contributed by atoms with Gasteiger partial charge < -0.3 is 19.5 Å². The standard InChI is InChI=1S/C24H23N5O4S/c1-4-33-17-11-9-16(10-12-17)29-27-18-13-8-15(14-19(18)28-29)25-24(34)26-23(30)22-20(31-2)6-5-7-21(22)32-3/h5-14H,4H2,1-3H3,(H2,25,26,30,34). The SMILES string of the molecule is CCOc1ccc(-n2nc3ccc(NC(=S)NC(=O)c4c(OC)cccc4OC)cc3n2)cc1. The van der Waals surface area contributed by atoms with Crippen LogP contribution in [0.1, 0.15) is 17.3 Å². The Kier molecular flexibility index (Phi) is 6.88. The highest BCUT2D eigenvalue weighted by Gasteiger charge is 2.19. The van der Waals surface area contributed by atoms with E-state index in [2.05, 4.69) is 20.8 Å². The highest BCUT2D eigenvalue weighted by atomic mass is 32.1. The Bertz CT molecular complexity index is 1310. The maximum Gasteiger partial charge on any atom is 0.264 e. The third-order valence-corrected chi connectivity index (χ3v) is 5.10. The summed E-state index contributed by atoms with van der Waals surface area (Å²) >= 11 is 5.33. The van der Waals surface area contributed by atoms with E-state index in [9.17, 15) is 4.79 Å². The van der Waals surface area contributed by atoms with Gasteiger partial charge in [0.05, 0.1) is 26.5 Å². The van der Waals surface area contributed by atoms with Crippen LogP contribution in [0.3, 0.4) is 0 Å². The normalized spacial score (nSPS) is 10.6. The fraction of sp³-hybridized carbons (Fsp3) is 0.167. The Hall–Kier alpha value is -4.18. The lowest BCUT2D eigenvalue weighted by atomic mass is 10.1. The zero-order valence-corrected chi connectivity index (χ0v) is 19.7. The van der Waals surface area contributed by atoms with Gasteiger partial charge in [-0.15, -0.1) is 10.2 Å². The number of ether oxygens (including phenoxy) is 3. The highest BCUT2D eigenvalue weighted by molar-refractivity contribution is 7.80. The number of methoxy groups -OCH3 is 2. The van der Waals surface area contributed by atoms with Gasteiger partial charge in [-0.3, -0.25) is 10.1 Å². The molecule has 2 N–H and O–H groups in total. The molecule has 0 atom stereocenters. The molecule has 0 aliphatic rings. The molecule has 10 heteroatoms. The summed E-state index contributed by atoms with van der Waals surface area (Å²) in [7, 11) is 2.97. The van der Waals surface area contributed by atoms with Crippen LogP contribution in [0.4, 0.5) is 5.69 Å². The molecule has 0 fully saturated rings. The van der Waals surface area contributed by atoms with Gasteiger partial charge in [0, 0.05) is 5.69 Å². The van der Waals surface area contributed by atoms with E-state index in [1.54, 1.807) is 29.1 Å². The molecule has 0 saturated carbocycles. The average molecular weight is 478 g/mol. The average Bonchev–Trinajstić information content (AvgIpc) is 3.27. The van der Waals surface area contributed by atoms with E-state index in [1.807, 2.05) is 43.3 Å². The van der Waals surface area contributed by atoms with Crippen LogP contribution in [-0.2, 0) is 0 Å². The van der Waals surface area contributed by atoms with Crippen molar-refractivity contribution >= 4 is 40.0 Å². The van der Waals surface area contributed by atoms with Gasteiger partial charge in [0.1, 0.15) is 33.8 Å². The summed E-state index contributed by atoms with van der Waals surface area (Å²) in [4.78, 5) is 14.4. The molecule has 174 valence electrons. The number of amides is 1. The first kappa shape index (κ1) is 23.0. The second-order valence-corrected chi connectivity index (χ2v) is 7.47. The quantitative estimate of drug-likeness (QED) is 0.386. The monoisotopic (exact) mass is 477 g/mol. The second-order valence-electron chi connectivity index (χ2n) is 7.07. The zero-order valence-electron chi connectivity index (χ0n) is 18.9. The Morgan fingerprint density at radius 1 is 0.971 bits per heavy atom. The van der Waals surface area contributed by atoms with Gasteiger partial charge in [-0.05, 0) is 73.7 Å². The maximum atomic E-state index is 12.8. The highest BCUT2D eigenvalue weighted by Crippen LogP contribution is 2.28. The zero-order chi connectivity index (χ0) is 24.1. The molecule has 0 spiro atoms. The molecular formula is C24H23N5O4S. The van der Waals surface area contributed by atoms with Crippen molar-refractivity contribution in [2.75, 3.05) is 26.1 Å². The molecule has 34 heavy (non-hydrogen) atoms. The molecule has 3 aromatic carbocycles. The van der Waals surface area contributed by atoms with Crippen molar-refractivity contribution in [2.45, 2.75) is 6.92 Å². The van der Waals surface area contributed by atoms with Gasteiger partial charge in [-0.2, -0.15) is 4.80 Å². The lowest BCUT2D eigenvalue weighted by Gasteiger charge is -2.14. The van der Waals surface area contributed by atoms with Crippen molar-refractivity contribution in [3.05, 3.63) is 66.2 Å². The summed E-state index contributed by atoms with van der Waals surface area (Å²) < 4.78 is 16.0. The van der Waals surface area contributed by atoms with Crippen LogP contribution in [0, 0.1) is 0 Å². The molecule has 4 rings (SSSR count). The minimum atomic E-state index is -0.450. The van der Waals surface area contributed by atoms with Crippen LogP contribution in [0.25, 0.3) is 16.7 Å². The molecule has 1 heterocycles. The number of hydrogen-bond donors (Lipinski definition) is 2. The fourth-order valence-electron chi connectivity index (χ4n) is 3.35. The Morgan fingerprint density at radius 3 is 2.29 bits per heavy atom. The Labute approximate surface area is 201 Å². The van der Waals surface area contributed by atoms with E-state index in [1.165, 1.54) is 14.2 Å². The smallest absolute Gasteiger partial charge is 0.264 e. The van der Waals surface area contributed by atoms with Crippen molar-refractivity contribution in [2.24, 2.45) is 0 Å². The van der Waals surface area contributed by atoms with Crippen LogP contribution in [0.2, 0.25) is 0 Å². The van der Waals surface area contributed by atoms with Gasteiger partial charge in [0.25, 0.3) is 5.91 Å². The van der Waals surface area contributed by atoms with Crippen LogP contribution in [0.15, 0.2) is 60.7 Å². The van der Waals surface area contributed by atoms with E-state index in [4.69, 9.17) is 26.4 Å². The lowest BCUT2D eigenvalue weighted by Crippen LogP contribution is -2.34. The topological polar surface area (TPSA) is 99.5 Å². The van der Waals surface area contributed by atoms with Crippen LogP contribution in [0.5, 0.6) is 17.2 Å². The minimum absolute atomic E-state index is 0.121. The van der Waals surface area contributed by atoms with Crippen LogP contribution >= 0.6 is 12.2 Å². The van der Waals surface area contributed by atoms with Crippen LogP contribution < -0.4 is 24.8 Å². The van der Waals surface area contributed by atoms with E-state index < -0.39 is 5.91 Å². The van der Waals surface area contributed by atoms with Gasteiger partial charge in [0.2, 0.25) is 0 Å². The van der Waals surface area contributed by atoms with Crippen molar-refractivity contribution in [3.8, 4) is 22.9 Å². The maximum absolute atomic E-state index is 12.8. The molecule has 1 aromatic heterocycles. The van der Waals surface area contributed by atoms with E-state index in [0.29, 0.717) is 34.8 Å². The number of benzene rings is 3. The number of fused-ring (bicyclic) bond motifs is 1. The molecule has 0 unspecified atom stereocenters. The molecule has 9 nitrogen and oxygen atoms in total. The molecule has 1 amide bonds. The van der Waals surface area contributed by atoms with Crippen molar-refractivity contribution < 1.29 is 19.0 Å². The molecule has 0 bridgehead atoms. The fourth-order valence-corrected chi connectivity index (χ4v) is 3.56. The van der Waals surface area contributed by atoms with Crippen molar-refractivity contribution in [1.29, 1.82) is 0 Å². The van der Waals surface area contributed by atoms with Gasteiger partial charge in [-0.1, -0.05) is 6.07 Å². The number of thiocarbonyl (C=S) groups is 1. The summed E-state index contributed by atoms with van der Waals surface area (Å²) in [5.74, 6) is 1.10. The molecule has 0 radical (unpaired) electrons. The third-order valence-electron chi connectivity index (χ3n) is 4.90. The van der Waals surface area contributed by atoms with E-state index >= 15 is 0 Å². The number of carbonyl (C=O) groups is 1. The number of carbonyl (C=O) groups excluding carboxylic acids is 1. The lowest BCUT2D eigenvalue weighted by molar-refractivity contribution is 0.0971. The number of nitrogens with zero attached hydrogens (tertiary/aromatic N) is 3. The van der Waals surface area contributed by atoms with Crippen molar-refractivity contribution in [3.63, 3.8) is 0 Å². The number of nitrogens with one attached hydrogen (secondary N) is 2. The van der Waals surface area contributed by atoms with E-state index in [0.717, 1.165) is 11.4 Å². The number of anilines is 1. The molecular weight excluding hydrogens is 454 g/mol. The summed E-state index contributed by atoms with van der Waals surface area (Å²) in [5.41, 5.74) is 3.10. The number of aromatic nitrogens is 3. The predicted molar refractivity (Wildman–Crippen MR) is 133 cm³/mol. The largest absolute Gasteiger partial charge is 0.496 e. The van der Waals surface area contributed by atoms with Gasteiger partial charge in [0.15, 0.2) is 5.11 Å². The first-order valence-electron chi connectivity index (χ1n) is 10.5. The molecule has 4 aromatic rings. The molecule has 0 saturated heterocycles. The molecule has 0 aliphatic heterocycles. The predicted octanol–water partition coefficient (Wildman–Crippen LogP) is 3.96. The summed E-state index contributed by atoms with van der Waals surface area (Å²) in [6, 6.07) is 18.0. The van der Waals surface area contributed by atoms with Gasteiger partial charge >= 0.3 is 0 Å². The summed E-state index contributed by atoms with van der Waals surface area (Å²) in [6.45, 7) is 2.54.